The number of nitrogens with zero attached hydrogens (tertiary/aromatic N) is 1. The summed E-state index contributed by atoms with van der Waals surface area (Å²) >= 11 is 1.41. The molecule has 0 aliphatic carbocycles. The van der Waals surface area contributed by atoms with Crippen LogP contribution in [0.2, 0.25) is 0 Å². The molecule has 5 rings (SSSR count). The Morgan fingerprint density at radius 3 is 2.41 bits per heavy atom. The van der Waals surface area contributed by atoms with E-state index >= 15 is 0 Å². The van der Waals surface area contributed by atoms with Gasteiger partial charge in [-0.25, -0.2) is 4.39 Å². The van der Waals surface area contributed by atoms with Crippen LogP contribution >= 0.6 is 11.3 Å². The summed E-state index contributed by atoms with van der Waals surface area (Å²) in [6.07, 6.45) is 0. The SMILES string of the molecule is Cc1ccsc1C1/C(=C(\O)c2cccc3ccccc23)C(=O)C(=O)N1c1ccc(F)cc1. The molecule has 158 valence electrons. The van der Waals surface area contributed by atoms with Crippen molar-refractivity contribution in [1.82, 2.24) is 0 Å². The molecule has 1 N–H and O–H groups in total. The highest BCUT2D eigenvalue weighted by atomic mass is 32.1. The second-order valence-corrected chi connectivity index (χ2v) is 8.59. The molecule has 2 heterocycles. The topological polar surface area (TPSA) is 57.6 Å². The minimum absolute atomic E-state index is 0.0289. The molecule has 1 saturated heterocycles. The van der Waals surface area contributed by atoms with Gasteiger partial charge < -0.3 is 5.11 Å². The number of aryl methyl sites for hydroxylation is 1. The van der Waals surface area contributed by atoms with Crippen LogP contribution in [-0.2, 0) is 9.59 Å². The second kappa shape index (κ2) is 7.73. The van der Waals surface area contributed by atoms with E-state index in [2.05, 4.69) is 0 Å². The first-order valence-electron chi connectivity index (χ1n) is 10.1. The second-order valence-electron chi connectivity index (χ2n) is 7.64. The summed E-state index contributed by atoms with van der Waals surface area (Å²) in [6.45, 7) is 1.90. The quantitative estimate of drug-likeness (QED) is 0.241. The molecule has 0 radical (unpaired) electrons. The van der Waals surface area contributed by atoms with Crippen LogP contribution in [0.4, 0.5) is 10.1 Å². The number of halogens is 1. The number of aliphatic hydroxyl groups is 1. The van der Waals surface area contributed by atoms with Crippen LogP contribution in [0.5, 0.6) is 0 Å². The number of carbonyl (C=O) groups is 2. The lowest BCUT2D eigenvalue weighted by Crippen LogP contribution is -2.29. The molecular weight excluding hydrogens is 425 g/mol. The fourth-order valence-corrected chi connectivity index (χ4v) is 5.21. The minimum atomic E-state index is -0.806. The molecule has 3 aromatic carbocycles. The molecule has 4 nitrogen and oxygen atoms in total. The average molecular weight is 443 g/mol. The summed E-state index contributed by atoms with van der Waals surface area (Å²) in [4.78, 5) is 28.5. The zero-order valence-electron chi connectivity index (χ0n) is 17.1. The predicted octanol–water partition coefficient (Wildman–Crippen LogP) is 5.98. The van der Waals surface area contributed by atoms with Gasteiger partial charge in [0, 0.05) is 16.1 Å². The molecule has 1 atom stereocenters. The molecule has 1 aromatic heterocycles. The van der Waals surface area contributed by atoms with Crippen LogP contribution in [0.1, 0.15) is 22.0 Å². The number of aliphatic hydroxyl groups excluding tert-OH is 1. The van der Waals surface area contributed by atoms with E-state index in [0.717, 1.165) is 21.2 Å². The van der Waals surface area contributed by atoms with Crippen molar-refractivity contribution in [2.24, 2.45) is 0 Å². The van der Waals surface area contributed by atoms with Crippen molar-refractivity contribution < 1.29 is 19.1 Å². The molecular formula is C26H18FNO3S. The Labute approximate surface area is 187 Å². The highest BCUT2D eigenvalue weighted by molar-refractivity contribution is 7.10. The van der Waals surface area contributed by atoms with Crippen LogP contribution in [0.3, 0.4) is 0 Å². The summed E-state index contributed by atoms with van der Waals surface area (Å²) in [7, 11) is 0. The number of rotatable bonds is 3. The Morgan fingerprint density at radius 2 is 1.69 bits per heavy atom. The molecule has 4 aromatic rings. The van der Waals surface area contributed by atoms with Gasteiger partial charge in [0.1, 0.15) is 17.6 Å². The standard InChI is InChI=1S/C26H18FNO3S/c1-15-13-14-32-25(15)22-21(23(29)20-8-4-6-16-5-2-3-7-19(16)20)24(30)26(31)28(22)18-11-9-17(27)10-12-18/h2-14,22,29H,1H3/b23-21+. The van der Waals surface area contributed by atoms with E-state index in [1.165, 1.54) is 40.5 Å². The number of hydrogen-bond donors (Lipinski definition) is 1. The number of ketones is 1. The number of hydrogen-bond acceptors (Lipinski definition) is 4. The molecule has 0 spiro atoms. The lowest BCUT2D eigenvalue weighted by molar-refractivity contribution is -0.132. The lowest BCUT2D eigenvalue weighted by Gasteiger charge is -2.25. The molecule has 32 heavy (non-hydrogen) atoms. The number of fused-ring (bicyclic) bond motifs is 1. The third-order valence-electron chi connectivity index (χ3n) is 5.74. The first-order chi connectivity index (χ1) is 15.5. The molecule has 1 unspecified atom stereocenters. The molecule has 0 saturated carbocycles. The van der Waals surface area contributed by atoms with Gasteiger partial charge in [0.15, 0.2) is 0 Å². The number of Topliss-reactive ketones (excluding diaryl/α,β-unsaturated/α-hetero) is 1. The van der Waals surface area contributed by atoms with Gasteiger partial charge >= 0.3 is 0 Å². The number of carbonyl (C=O) groups excluding carboxylic acids is 2. The zero-order chi connectivity index (χ0) is 22.4. The smallest absolute Gasteiger partial charge is 0.300 e. The normalized spacial score (nSPS) is 17.9. The van der Waals surface area contributed by atoms with Crippen LogP contribution in [0, 0.1) is 12.7 Å². The molecule has 1 aliphatic rings. The molecule has 1 amide bonds. The van der Waals surface area contributed by atoms with E-state index in [1.54, 1.807) is 12.1 Å². The lowest BCUT2D eigenvalue weighted by atomic mass is 9.95. The van der Waals surface area contributed by atoms with Crippen molar-refractivity contribution in [3.8, 4) is 0 Å². The summed E-state index contributed by atoms with van der Waals surface area (Å²) in [5.74, 6) is -2.18. The molecule has 6 heteroatoms. The fourth-order valence-electron chi connectivity index (χ4n) is 4.19. The van der Waals surface area contributed by atoms with Crippen LogP contribution in [0.15, 0.2) is 83.7 Å². The third-order valence-corrected chi connectivity index (χ3v) is 6.82. The summed E-state index contributed by atoms with van der Waals surface area (Å²) < 4.78 is 13.5. The average Bonchev–Trinajstić information content (AvgIpc) is 3.34. The Morgan fingerprint density at radius 1 is 0.969 bits per heavy atom. The van der Waals surface area contributed by atoms with Gasteiger partial charge in [-0.15, -0.1) is 11.3 Å². The van der Waals surface area contributed by atoms with E-state index in [9.17, 15) is 19.1 Å². The monoisotopic (exact) mass is 443 g/mol. The molecule has 0 bridgehead atoms. The van der Waals surface area contributed by atoms with Gasteiger partial charge in [0.2, 0.25) is 0 Å². The Kier molecular flexibility index (Phi) is 4.87. The van der Waals surface area contributed by atoms with E-state index in [-0.39, 0.29) is 11.3 Å². The van der Waals surface area contributed by atoms with Crippen molar-refractivity contribution in [2.45, 2.75) is 13.0 Å². The van der Waals surface area contributed by atoms with Gasteiger partial charge in [-0.1, -0.05) is 42.5 Å². The summed E-state index contributed by atoms with van der Waals surface area (Å²) in [5, 5.41) is 15.0. The maximum absolute atomic E-state index is 13.5. The summed E-state index contributed by atoms with van der Waals surface area (Å²) in [6, 6.07) is 19.5. The number of benzene rings is 3. The van der Waals surface area contributed by atoms with Crippen LogP contribution in [0.25, 0.3) is 16.5 Å². The Bertz CT molecular complexity index is 1400. The maximum atomic E-state index is 13.5. The van der Waals surface area contributed by atoms with Crippen molar-refractivity contribution in [3.63, 3.8) is 0 Å². The Hall–Kier alpha value is -3.77. The number of thiophene rings is 1. The van der Waals surface area contributed by atoms with E-state index in [1.807, 2.05) is 48.7 Å². The van der Waals surface area contributed by atoms with Gasteiger partial charge in [0.25, 0.3) is 11.7 Å². The van der Waals surface area contributed by atoms with Crippen molar-refractivity contribution in [3.05, 3.63) is 106 Å². The van der Waals surface area contributed by atoms with E-state index < -0.39 is 23.5 Å². The van der Waals surface area contributed by atoms with Crippen molar-refractivity contribution >= 4 is 45.2 Å². The predicted molar refractivity (Wildman–Crippen MR) is 124 cm³/mol. The number of anilines is 1. The molecule has 1 fully saturated rings. The van der Waals surface area contributed by atoms with Gasteiger partial charge in [-0.3, -0.25) is 14.5 Å². The van der Waals surface area contributed by atoms with E-state index in [4.69, 9.17) is 0 Å². The maximum Gasteiger partial charge on any atom is 0.300 e. The molecule has 1 aliphatic heterocycles. The highest BCUT2D eigenvalue weighted by Crippen LogP contribution is 2.45. The van der Waals surface area contributed by atoms with Crippen LogP contribution < -0.4 is 4.90 Å². The summed E-state index contributed by atoms with van der Waals surface area (Å²) in [5.41, 5.74) is 1.81. The van der Waals surface area contributed by atoms with Crippen molar-refractivity contribution in [2.75, 3.05) is 4.90 Å². The zero-order valence-corrected chi connectivity index (χ0v) is 17.9. The van der Waals surface area contributed by atoms with Gasteiger partial charge in [-0.05, 0) is 59.0 Å². The van der Waals surface area contributed by atoms with Gasteiger partial charge in [-0.2, -0.15) is 0 Å². The highest BCUT2D eigenvalue weighted by Gasteiger charge is 2.48. The first kappa shape index (κ1) is 20.2. The first-order valence-corrected chi connectivity index (χ1v) is 10.9. The Balaban J connectivity index is 1.78. The van der Waals surface area contributed by atoms with Crippen LogP contribution in [-0.4, -0.2) is 16.8 Å². The number of amides is 1. The van der Waals surface area contributed by atoms with Gasteiger partial charge in [0.05, 0.1) is 5.57 Å². The fraction of sp³-hybridized carbons (Fsp3) is 0.0769. The van der Waals surface area contributed by atoms with E-state index in [0.29, 0.717) is 11.3 Å². The minimum Gasteiger partial charge on any atom is -0.507 e. The third kappa shape index (κ3) is 3.11. The largest absolute Gasteiger partial charge is 0.507 e. The van der Waals surface area contributed by atoms with Crippen molar-refractivity contribution in [1.29, 1.82) is 0 Å².